The van der Waals surface area contributed by atoms with E-state index in [1.54, 1.807) is 0 Å². The number of hydrogen-bond acceptors (Lipinski definition) is 8. The van der Waals surface area contributed by atoms with Crippen molar-refractivity contribution in [3.63, 3.8) is 0 Å². The van der Waals surface area contributed by atoms with Crippen LogP contribution in [-0.2, 0) is 15.1 Å². The molecule has 0 spiro atoms. The summed E-state index contributed by atoms with van der Waals surface area (Å²) in [6.07, 6.45) is 4.44. The third kappa shape index (κ3) is 6.39. The third-order valence-electron chi connectivity index (χ3n) is 4.94. The Balaban J connectivity index is 2.06. The van der Waals surface area contributed by atoms with Gasteiger partial charge in [-0.3, -0.25) is 4.79 Å². The summed E-state index contributed by atoms with van der Waals surface area (Å²) in [6, 6.07) is -2.89. The smallest absolute Gasteiger partial charge is 0.326 e. The fourth-order valence-electron chi connectivity index (χ4n) is 3.32. The third-order valence-corrected chi connectivity index (χ3v) is 4.94. The molecule has 0 aromatic carbocycles. The highest BCUT2D eigenvalue weighted by molar-refractivity contribution is 5.83. The van der Waals surface area contributed by atoms with Gasteiger partial charge in [0.2, 0.25) is 11.8 Å². The highest BCUT2D eigenvalue weighted by atomic mass is 16.5. The van der Waals surface area contributed by atoms with Crippen LogP contribution in [0, 0.1) is 0 Å². The van der Waals surface area contributed by atoms with Crippen molar-refractivity contribution in [3.05, 3.63) is 11.7 Å². The molecule has 1 aromatic rings. The fraction of sp³-hybridized carbons (Fsp3) is 0.706. The lowest BCUT2D eigenvalue weighted by Gasteiger charge is -2.19. The van der Waals surface area contributed by atoms with E-state index >= 15 is 0 Å². The van der Waals surface area contributed by atoms with E-state index in [4.69, 9.17) is 21.7 Å². The summed E-state index contributed by atoms with van der Waals surface area (Å²) in [5, 5.41) is 18.0. The van der Waals surface area contributed by atoms with Gasteiger partial charge in [-0.1, -0.05) is 18.0 Å². The molecule has 3 amide bonds. The molecule has 162 valence electrons. The number of carbonyl (C=O) groups excluding carboxylic acids is 2. The van der Waals surface area contributed by atoms with Crippen molar-refractivity contribution in [2.75, 3.05) is 6.54 Å². The highest BCUT2D eigenvalue weighted by Crippen LogP contribution is 2.35. The fourth-order valence-corrected chi connectivity index (χ4v) is 3.32. The van der Waals surface area contributed by atoms with Crippen LogP contribution in [0.25, 0.3) is 0 Å². The second kappa shape index (κ2) is 10.2. The maximum absolute atomic E-state index is 12.3. The van der Waals surface area contributed by atoms with Crippen molar-refractivity contribution in [2.24, 2.45) is 17.2 Å². The minimum Gasteiger partial charge on any atom is -0.480 e. The summed E-state index contributed by atoms with van der Waals surface area (Å²) in [7, 11) is 0. The molecule has 1 saturated carbocycles. The number of nitrogens with two attached hydrogens (primary N) is 3. The lowest BCUT2D eigenvalue weighted by atomic mass is 9.98. The van der Waals surface area contributed by atoms with Gasteiger partial charge < -0.3 is 37.5 Å². The Hall–Kier alpha value is -2.73. The van der Waals surface area contributed by atoms with Gasteiger partial charge in [0.1, 0.15) is 12.1 Å². The lowest BCUT2D eigenvalue weighted by molar-refractivity contribution is -0.139. The quantitative estimate of drug-likeness (QED) is 0.261. The number of nitrogens with one attached hydrogen (secondary N) is 2. The zero-order valence-electron chi connectivity index (χ0n) is 16.2. The number of carboxylic acids is 1. The molecule has 0 unspecified atom stereocenters. The van der Waals surface area contributed by atoms with E-state index in [0.717, 1.165) is 12.8 Å². The number of aromatic nitrogens is 2. The van der Waals surface area contributed by atoms with Gasteiger partial charge in [0, 0.05) is 0 Å². The summed E-state index contributed by atoms with van der Waals surface area (Å²) in [5.74, 6) is -1.57. The molecule has 1 aliphatic carbocycles. The molecule has 9 N–H and O–H groups in total. The van der Waals surface area contributed by atoms with E-state index in [-0.39, 0.29) is 18.7 Å². The highest BCUT2D eigenvalue weighted by Gasteiger charge is 2.37. The Morgan fingerprint density at radius 3 is 2.48 bits per heavy atom. The van der Waals surface area contributed by atoms with Gasteiger partial charge in [-0.2, -0.15) is 4.98 Å². The molecule has 12 heteroatoms. The average Bonchev–Trinajstić information content (AvgIpc) is 3.30. The second-order valence-corrected chi connectivity index (χ2v) is 7.34. The minimum atomic E-state index is -1.17. The maximum atomic E-state index is 12.3. The van der Waals surface area contributed by atoms with Crippen LogP contribution >= 0.6 is 0 Å². The average molecular weight is 411 g/mol. The number of urea groups is 1. The molecule has 1 heterocycles. The molecule has 1 aliphatic rings. The van der Waals surface area contributed by atoms with E-state index in [1.807, 2.05) is 0 Å². The Kier molecular flexibility index (Phi) is 7.91. The number of primary amides is 1. The number of carboxylic acid groups (broad SMARTS) is 1. The van der Waals surface area contributed by atoms with Gasteiger partial charge in [0.15, 0.2) is 5.82 Å². The molecule has 1 fully saturated rings. The number of nitrogens with zero attached hydrogens (tertiary/aromatic N) is 2. The molecule has 12 nitrogen and oxygen atoms in total. The van der Waals surface area contributed by atoms with Gasteiger partial charge in [0.05, 0.1) is 12.0 Å². The van der Waals surface area contributed by atoms with Crippen molar-refractivity contribution in [2.45, 2.75) is 69.0 Å². The zero-order valence-corrected chi connectivity index (χ0v) is 16.2. The Morgan fingerprint density at radius 1 is 1.21 bits per heavy atom. The molecule has 0 bridgehead atoms. The van der Waals surface area contributed by atoms with Crippen molar-refractivity contribution in [1.82, 2.24) is 20.8 Å². The number of aliphatic carboxylic acids is 1. The van der Waals surface area contributed by atoms with Crippen molar-refractivity contribution < 1.29 is 24.0 Å². The Labute approximate surface area is 167 Å². The number of unbranched alkanes of at least 4 members (excludes halogenated alkanes) is 1. The maximum Gasteiger partial charge on any atom is 0.326 e. The van der Waals surface area contributed by atoms with E-state index < -0.39 is 35.5 Å². The van der Waals surface area contributed by atoms with Gasteiger partial charge in [0.25, 0.3) is 0 Å². The van der Waals surface area contributed by atoms with E-state index in [1.165, 1.54) is 0 Å². The molecule has 0 saturated heterocycles. The number of rotatable bonds is 11. The van der Waals surface area contributed by atoms with Crippen LogP contribution < -0.4 is 27.8 Å². The second-order valence-electron chi connectivity index (χ2n) is 7.34. The van der Waals surface area contributed by atoms with Crippen LogP contribution in [0.1, 0.15) is 69.1 Å². The molecular weight excluding hydrogens is 382 g/mol. The molecule has 2 rings (SSSR count). The van der Waals surface area contributed by atoms with Crippen LogP contribution in [-0.4, -0.2) is 45.7 Å². The van der Waals surface area contributed by atoms with E-state index in [2.05, 4.69) is 20.8 Å². The summed E-state index contributed by atoms with van der Waals surface area (Å²) in [6.45, 7) is 0.432. The molecule has 0 aliphatic heterocycles. The van der Waals surface area contributed by atoms with Gasteiger partial charge in [-0.25, -0.2) is 9.59 Å². The number of amides is 3. The predicted molar refractivity (Wildman–Crippen MR) is 101 cm³/mol. The van der Waals surface area contributed by atoms with Crippen molar-refractivity contribution in [3.8, 4) is 0 Å². The first kappa shape index (κ1) is 22.6. The van der Waals surface area contributed by atoms with Crippen molar-refractivity contribution >= 4 is 17.9 Å². The Bertz CT molecular complexity index is 717. The van der Waals surface area contributed by atoms with Crippen LogP contribution in [0.3, 0.4) is 0 Å². The number of carbonyl (C=O) groups is 3. The van der Waals surface area contributed by atoms with E-state index in [9.17, 15) is 19.5 Å². The largest absolute Gasteiger partial charge is 0.480 e. The van der Waals surface area contributed by atoms with Gasteiger partial charge >= 0.3 is 12.0 Å². The molecule has 1 aromatic heterocycles. The predicted octanol–water partition coefficient (Wildman–Crippen LogP) is -0.404. The monoisotopic (exact) mass is 411 g/mol. The summed E-state index contributed by atoms with van der Waals surface area (Å²) < 4.78 is 5.22. The first-order chi connectivity index (χ1) is 13.7. The van der Waals surface area contributed by atoms with Crippen LogP contribution in [0.2, 0.25) is 0 Å². The van der Waals surface area contributed by atoms with Crippen molar-refractivity contribution in [1.29, 1.82) is 0 Å². The normalized spacial score (nSPS) is 17.4. The summed E-state index contributed by atoms with van der Waals surface area (Å²) >= 11 is 0. The zero-order chi connectivity index (χ0) is 21.4. The Morgan fingerprint density at radius 2 is 1.90 bits per heavy atom. The first-order valence-electron chi connectivity index (χ1n) is 9.66. The molecule has 0 radical (unpaired) electrons. The van der Waals surface area contributed by atoms with E-state index in [0.29, 0.717) is 38.1 Å². The summed E-state index contributed by atoms with van der Waals surface area (Å²) in [5.41, 5.74) is 16.3. The SMILES string of the molecule is NCCCC[C@H](NC(=O)N[C@@H](CC(N)=O)c1nc(C2(N)CCCC2)no1)C(=O)O. The van der Waals surface area contributed by atoms with Crippen LogP contribution in [0.5, 0.6) is 0 Å². The topological polar surface area (TPSA) is 212 Å². The number of hydrogen-bond donors (Lipinski definition) is 6. The van der Waals surface area contributed by atoms with Gasteiger partial charge in [-0.05, 0) is 38.6 Å². The van der Waals surface area contributed by atoms with Gasteiger partial charge in [-0.15, -0.1) is 0 Å². The lowest BCUT2D eigenvalue weighted by Crippen LogP contribution is -2.47. The standard InChI is InChI=1S/C17H29N7O5/c18-8-4-1-5-10(14(26)27)21-16(28)22-11(9-12(19)25)13-23-15(24-29-13)17(20)6-2-3-7-17/h10-11H,1-9,18,20H2,(H2,19,25)(H,26,27)(H2,21,22,28)/t10-,11-/m0/s1. The van der Waals surface area contributed by atoms with Crippen LogP contribution in [0.15, 0.2) is 4.52 Å². The minimum absolute atomic E-state index is 0.0133. The summed E-state index contributed by atoms with van der Waals surface area (Å²) in [4.78, 5) is 39.3. The van der Waals surface area contributed by atoms with Crippen LogP contribution in [0.4, 0.5) is 4.79 Å². The molecule has 29 heavy (non-hydrogen) atoms. The molecule has 2 atom stereocenters. The molecular formula is C17H29N7O5. The first-order valence-corrected chi connectivity index (χ1v) is 9.66.